The second-order valence-electron chi connectivity index (χ2n) is 5.90. The minimum Gasteiger partial charge on any atom is -0.309 e. The summed E-state index contributed by atoms with van der Waals surface area (Å²) in [7, 11) is -3.74. The van der Waals surface area contributed by atoms with Gasteiger partial charge < -0.3 is 9.88 Å². The highest BCUT2D eigenvalue weighted by Crippen LogP contribution is 2.14. The van der Waals surface area contributed by atoms with E-state index >= 15 is 0 Å². The molecule has 0 saturated heterocycles. The summed E-state index contributed by atoms with van der Waals surface area (Å²) in [5, 5.41) is 6.72. The molecule has 148 valence electrons. The third-order valence-corrected chi connectivity index (χ3v) is 6.20. The van der Waals surface area contributed by atoms with Gasteiger partial charge in [0, 0.05) is 37.6 Å². The highest BCUT2D eigenvalue weighted by Gasteiger charge is 2.22. The van der Waals surface area contributed by atoms with Crippen molar-refractivity contribution in [2.45, 2.75) is 25.3 Å². The predicted octanol–water partition coefficient (Wildman–Crippen LogP) is 0.560. The Morgan fingerprint density at radius 1 is 1.14 bits per heavy atom. The lowest BCUT2D eigenvalue weighted by molar-refractivity contribution is -0.116. The van der Waals surface area contributed by atoms with Crippen LogP contribution in [0, 0.1) is 0 Å². The monoisotopic (exact) mass is 404 g/mol. The summed E-state index contributed by atoms with van der Waals surface area (Å²) in [6.45, 7) is 3.73. The van der Waals surface area contributed by atoms with Crippen molar-refractivity contribution in [1.82, 2.24) is 23.5 Å². The molecule has 0 aromatic carbocycles. The lowest BCUT2D eigenvalue weighted by atomic mass is 10.4. The zero-order chi connectivity index (χ0) is 20.3. The van der Waals surface area contributed by atoms with Crippen LogP contribution in [0.1, 0.15) is 13.8 Å². The highest BCUT2D eigenvalue weighted by molar-refractivity contribution is 7.89. The number of carbonyl (C=O) groups excluding carboxylic acids is 1. The standard InChI is InChI=1S/C17H20N6O4S/c1-3-22(4-2)28(26,27)13-5-6-17(25)21(11-13)12-16(24)20-15-7-9-18-14-8-10-19-23(14)15/h5-11H,3-4,12H2,1-2H3,(H,20,24). The van der Waals surface area contributed by atoms with Gasteiger partial charge in [-0.25, -0.2) is 13.4 Å². The average molecular weight is 404 g/mol. The van der Waals surface area contributed by atoms with Gasteiger partial charge in [-0.3, -0.25) is 9.59 Å². The highest BCUT2D eigenvalue weighted by atomic mass is 32.2. The average Bonchev–Trinajstić information content (AvgIpc) is 3.14. The molecule has 0 fully saturated rings. The third kappa shape index (κ3) is 3.80. The first kappa shape index (κ1) is 19.7. The first-order valence-corrected chi connectivity index (χ1v) is 10.1. The smallest absolute Gasteiger partial charge is 0.251 e. The Morgan fingerprint density at radius 2 is 1.89 bits per heavy atom. The fourth-order valence-electron chi connectivity index (χ4n) is 2.76. The largest absolute Gasteiger partial charge is 0.309 e. The molecule has 0 bridgehead atoms. The van der Waals surface area contributed by atoms with Crippen LogP contribution in [0.5, 0.6) is 0 Å². The zero-order valence-corrected chi connectivity index (χ0v) is 16.3. The molecule has 0 unspecified atom stereocenters. The van der Waals surface area contributed by atoms with Crippen LogP contribution in [0.15, 0.2) is 52.5 Å². The molecule has 0 atom stereocenters. The Labute approximate surface area is 161 Å². The van der Waals surface area contributed by atoms with Gasteiger partial charge in [0.2, 0.25) is 15.9 Å². The van der Waals surface area contributed by atoms with Gasteiger partial charge >= 0.3 is 0 Å². The second kappa shape index (κ2) is 7.90. The number of sulfonamides is 1. The van der Waals surface area contributed by atoms with E-state index in [9.17, 15) is 18.0 Å². The van der Waals surface area contributed by atoms with Crippen LogP contribution in [0.2, 0.25) is 0 Å². The second-order valence-corrected chi connectivity index (χ2v) is 7.84. The molecule has 3 heterocycles. The van der Waals surface area contributed by atoms with Crippen molar-refractivity contribution in [2.24, 2.45) is 0 Å². The molecule has 0 aliphatic rings. The Kier molecular flexibility index (Phi) is 5.56. The van der Waals surface area contributed by atoms with Gasteiger partial charge in [-0.05, 0) is 12.1 Å². The maximum atomic E-state index is 12.6. The number of hydrogen-bond donors (Lipinski definition) is 1. The Bertz CT molecular complexity index is 1160. The summed E-state index contributed by atoms with van der Waals surface area (Å²) >= 11 is 0. The molecule has 1 amide bonds. The van der Waals surface area contributed by atoms with E-state index in [0.717, 1.165) is 10.6 Å². The van der Waals surface area contributed by atoms with Gasteiger partial charge in [0.05, 0.1) is 11.1 Å². The number of anilines is 1. The number of amides is 1. The van der Waals surface area contributed by atoms with E-state index in [0.29, 0.717) is 24.6 Å². The summed E-state index contributed by atoms with van der Waals surface area (Å²) in [6.07, 6.45) is 4.26. The molecular formula is C17H20N6O4S. The maximum absolute atomic E-state index is 12.6. The van der Waals surface area contributed by atoms with Crippen molar-refractivity contribution in [3.63, 3.8) is 0 Å². The number of aromatic nitrogens is 4. The van der Waals surface area contributed by atoms with Gasteiger partial charge in [-0.15, -0.1) is 0 Å². The molecule has 3 rings (SSSR count). The van der Waals surface area contributed by atoms with E-state index in [2.05, 4.69) is 15.4 Å². The first-order chi connectivity index (χ1) is 13.4. The van der Waals surface area contributed by atoms with Gasteiger partial charge in [0.15, 0.2) is 5.65 Å². The minimum absolute atomic E-state index is 0.0398. The normalized spacial score (nSPS) is 11.8. The zero-order valence-electron chi connectivity index (χ0n) is 15.4. The van der Waals surface area contributed by atoms with Crippen LogP contribution < -0.4 is 10.9 Å². The topological polar surface area (TPSA) is 119 Å². The van der Waals surface area contributed by atoms with Crippen molar-refractivity contribution >= 4 is 27.4 Å². The van der Waals surface area contributed by atoms with Crippen LogP contribution in [-0.2, 0) is 21.4 Å². The van der Waals surface area contributed by atoms with E-state index in [1.54, 1.807) is 32.2 Å². The molecule has 0 radical (unpaired) electrons. The Morgan fingerprint density at radius 3 is 2.61 bits per heavy atom. The van der Waals surface area contributed by atoms with Crippen LogP contribution in [-0.4, -0.2) is 50.9 Å². The Balaban J connectivity index is 1.85. The molecule has 3 aromatic heterocycles. The SMILES string of the molecule is CCN(CC)S(=O)(=O)c1ccc(=O)n(CC(=O)Nc2ccnc3ccnn23)c1. The summed E-state index contributed by atoms with van der Waals surface area (Å²) < 4.78 is 29.1. The van der Waals surface area contributed by atoms with Gasteiger partial charge in [0.1, 0.15) is 12.4 Å². The van der Waals surface area contributed by atoms with Crippen molar-refractivity contribution in [2.75, 3.05) is 18.4 Å². The number of nitrogens with one attached hydrogen (secondary N) is 1. The van der Waals surface area contributed by atoms with Crippen LogP contribution in [0.4, 0.5) is 5.82 Å². The molecule has 0 aliphatic carbocycles. The molecule has 0 aliphatic heterocycles. The third-order valence-electron chi connectivity index (χ3n) is 4.17. The summed E-state index contributed by atoms with van der Waals surface area (Å²) in [6, 6.07) is 5.64. The van der Waals surface area contributed by atoms with Crippen LogP contribution in [0.25, 0.3) is 5.65 Å². The maximum Gasteiger partial charge on any atom is 0.251 e. The molecule has 0 saturated carbocycles. The molecule has 3 aromatic rings. The van der Waals surface area contributed by atoms with E-state index in [1.807, 2.05) is 0 Å². The lowest BCUT2D eigenvalue weighted by Crippen LogP contribution is -2.33. The number of rotatable bonds is 7. The fraction of sp³-hybridized carbons (Fsp3) is 0.294. The molecule has 11 heteroatoms. The van der Waals surface area contributed by atoms with E-state index in [-0.39, 0.29) is 11.4 Å². The molecule has 10 nitrogen and oxygen atoms in total. The van der Waals surface area contributed by atoms with Crippen molar-refractivity contribution < 1.29 is 13.2 Å². The van der Waals surface area contributed by atoms with E-state index < -0.39 is 21.5 Å². The molecule has 0 spiro atoms. The molecule has 1 N–H and O–H groups in total. The van der Waals surface area contributed by atoms with E-state index in [4.69, 9.17) is 0 Å². The number of nitrogens with zero attached hydrogens (tertiary/aromatic N) is 5. The van der Waals surface area contributed by atoms with Crippen LogP contribution in [0.3, 0.4) is 0 Å². The summed E-state index contributed by atoms with van der Waals surface area (Å²) in [4.78, 5) is 28.6. The van der Waals surface area contributed by atoms with Gasteiger partial charge in [-0.1, -0.05) is 13.8 Å². The van der Waals surface area contributed by atoms with Crippen molar-refractivity contribution in [1.29, 1.82) is 0 Å². The lowest BCUT2D eigenvalue weighted by Gasteiger charge is -2.19. The van der Waals surface area contributed by atoms with E-state index in [1.165, 1.54) is 27.3 Å². The van der Waals surface area contributed by atoms with Gasteiger partial charge in [0.25, 0.3) is 5.56 Å². The molecular weight excluding hydrogens is 384 g/mol. The molecule has 28 heavy (non-hydrogen) atoms. The quantitative estimate of drug-likeness (QED) is 0.615. The van der Waals surface area contributed by atoms with Crippen molar-refractivity contribution in [3.05, 3.63) is 53.2 Å². The fourth-order valence-corrected chi connectivity index (χ4v) is 4.24. The number of pyridine rings is 1. The van der Waals surface area contributed by atoms with Crippen molar-refractivity contribution in [3.8, 4) is 0 Å². The van der Waals surface area contributed by atoms with Crippen LogP contribution >= 0.6 is 0 Å². The number of carbonyl (C=O) groups is 1. The minimum atomic E-state index is -3.74. The first-order valence-electron chi connectivity index (χ1n) is 8.66. The summed E-state index contributed by atoms with van der Waals surface area (Å²) in [5.41, 5.74) is 0.0786. The number of fused-ring (bicyclic) bond motifs is 1. The Hall–Kier alpha value is -3.05. The number of hydrogen-bond acceptors (Lipinski definition) is 6. The summed E-state index contributed by atoms with van der Waals surface area (Å²) in [5.74, 6) is -0.109. The predicted molar refractivity (Wildman–Crippen MR) is 102 cm³/mol. The van der Waals surface area contributed by atoms with Gasteiger partial charge in [-0.2, -0.15) is 13.9 Å².